The molecule has 0 heterocycles. The zero-order valence-electron chi connectivity index (χ0n) is 10.8. The third-order valence-corrected chi connectivity index (χ3v) is 2.57. The summed E-state index contributed by atoms with van der Waals surface area (Å²) in [6, 6.07) is 6.49. The average molecular weight is 239 g/mol. The Morgan fingerprint density at radius 2 is 2.12 bits per heavy atom. The van der Waals surface area contributed by atoms with Gasteiger partial charge >= 0.3 is 0 Å². The lowest BCUT2D eigenvalue weighted by Crippen LogP contribution is -2.38. The summed E-state index contributed by atoms with van der Waals surface area (Å²) in [5, 5.41) is 13.2. The second kappa shape index (κ2) is 6.12. The molecular weight excluding hydrogens is 217 g/mol. The molecular formula is C14H22FNO. The van der Waals surface area contributed by atoms with Gasteiger partial charge in [-0.15, -0.1) is 0 Å². The molecule has 0 bridgehead atoms. The van der Waals surface area contributed by atoms with Gasteiger partial charge in [0.15, 0.2) is 0 Å². The molecule has 2 N–H and O–H groups in total. The van der Waals surface area contributed by atoms with Gasteiger partial charge in [0.25, 0.3) is 0 Å². The molecule has 0 spiro atoms. The van der Waals surface area contributed by atoms with Gasteiger partial charge in [0.05, 0.1) is 5.60 Å². The SMILES string of the molecule is CC(C)CC(C)(O)CNCc1cccc(F)c1. The molecule has 0 amide bonds. The van der Waals surface area contributed by atoms with Gasteiger partial charge in [-0.05, 0) is 37.0 Å². The summed E-state index contributed by atoms with van der Waals surface area (Å²) < 4.78 is 12.9. The number of halogens is 1. The first-order valence-electron chi connectivity index (χ1n) is 6.06. The Morgan fingerprint density at radius 3 is 2.71 bits per heavy atom. The molecule has 1 unspecified atom stereocenters. The average Bonchev–Trinajstić information content (AvgIpc) is 2.15. The molecule has 1 atom stereocenters. The molecule has 0 radical (unpaired) electrons. The fourth-order valence-electron chi connectivity index (χ4n) is 2.07. The van der Waals surface area contributed by atoms with Crippen molar-refractivity contribution < 1.29 is 9.50 Å². The first-order chi connectivity index (χ1) is 7.89. The van der Waals surface area contributed by atoms with Crippen molar-refractivity contribution in [1.82, 2.24) is 5.32 Å². The fraction of sp³-hybridized carbons (Fsp3) is 0.571. The second-order valence-corrected chi connectivity index (χ2v) is 5.33. The van der Waals surface area contributed by atoms with Gasteiger partial charge < -0.3 is 10.4 Å². The van der Waals surface area contributed by atoms with Crippen LogP contribution in [0.2, 0.25) is 0 Å². The van der Waals surface area contributed by atoms with Gasteiger partial charge in [-0.25, -0.2) is 4.39 Å². The highest BCUT2D eigenvalue weighted by molar-refractivity contribution is 5.15. The molecule has 1 aromatic carbocycles. The van der Waals surface area contributed by atoms with E-state index in [1.807, 2.05) is 13.0 Å². The summed E-state index contributed by atoms with van der Waals surface area (Å²) in [7, 11) is 0. The van der Waals surface area contributed by atoms with Gasteiger partial charge in [0.2, 0.25) is 0 Å². The number of hydrogen-bond donors (Lipinski definition) is 2. The van der Waals surface area contributed by atoms with Crippen LogP contribution in [0, 0.1) is 11.7 Å². The second-order valence-electron chi connectivity index (χ2n) is 5.33. The van der Waals surface area contributed by atoms with Gasteiger partial charge in [-0.2, -0.15) is 0 Å². The maximum atomic E-state index is 12.9. The summed E-state index contributed by atoms with van der Waals surface area (Å²) in [4.78, 5) is 0. The van der Waals surface area contributed by atoms with Crippen molar-refractivity contribution in [3.05, 3.63) is 35.6 Å². The van der Waals surface area contributed by atoms with E-state index < -0.39 is 5.60 Å². The normalized spacial score (nSPS) is 14.9. The molecule has 1 rings (SSSR count). The van der Waals surface area contributed by atoms with Crippen molar-refractivity contribution in [1.29, 1.82) is 0 Å². The van der Waals surface area contributed by atoms with E-state index in [1.54, 1.807) is 6.07 Å². The largest absolute Gasteiger partial charge is 0.389 e. The van der Waals surface area contributed by atoms with Crippen LogP contribution in [-0.2, 0) is 6.54 Å². The number of hydrogen-bond acceptors (Lipinski definition) is 2. The molecule has 1 aromatic rings. The van der Waals surface area contributed by atoms with E-state index in [1.165, 1.54) is 12.1 Å². The van der Waals surface area contributed by atoms with Crippen LogP contribution < -0.4 is 5.32 Å². The van der Waals surface area contributed by atoms with Gasteiger partial charge in [0.1, 0.15) is 5.82 Å². The maximum absolute atomic E-state index is 12.9. The van der Waals surface area contributed by atoms with Crippen molar-refractivity contribution in [2.24, 2.45) is 5.92 Å². The standard InChI is InChI=1S/C14H22FNO/c1-11(2)8-14(3,17)10-16-9-12-5-4-6-13(15)7-12/h4-7,11,16-17H,8-10H2,1-3H3. The van der Waals surface area contributed by atoms with Crippen molar-refractivity contribution in [3.8, 4) is 0 Å². The molecule has 0 aliphatic carbocycles. The molecule has 0 fully saturated rings. The van der Waals surface area contributed by atoms with Crippen LogP contribution in [0.3, 0.4) is 0 Å². The third kappa shape index (κ3) is 5.80. The fourth-order valence-corrected chi connectivity index (χ4v) is 2.07. The summed E-state index contributed by atoms with van der Waals surface area (Å²) in [5.41, 5.74) is 0.187. The monoisotopic (exact) mass is 239 g/mol. The Kier molecular flexibility index (Phi) is 5.09. The Bertz CT molecular complexity index is 350. The minimum absolute atomic E-state index is 0.224. The van der Waals surface area contributed by atoms with Crippen LogP contribution in [0.5, 0.6) is 0 Å². The van der Waals surface area contributed by atoms with E-state index >= 15 is 0 Å². The maximum Gasteiger partial charge on any atom is 0.123 e. The molecule has 0 aliphatic heterocycles. The Balaban J connectivity index is 2.37. The summed E-state index contributed by atoms with van der Waals surface area (Å²) in [6.45, 7) is 7.08. The van der Waals surface area contributed by atoms with E-state index in [-0.39, 0.29) is 5.82 Å². The molecule has 2 nitrogen and oxygen atoms in total. The predicted molar refractivity (Wildman–Crippen MR) is 68.2 cm³/mol. The van der Waals surface area contributed by atoms with Crippen LogP contribution in [-0.4, -0.2) is 17.3 Å². The molecule has 0 saturated heterocycles. The van der Waals surface area contributed by atoms with Crippen molar-refractivity contribution >= 4 is 0 Å². The summed E-state index contributed by atoms with van der Waals surface area (Å²) >= 11 is 0. The lowest BCUT2D eigenvalue weighted by atomic mass is 9.94. The van der Waals surface area contributed by atoms with E-state index in [2.05, 4.69) is 19.2 Å². The van der Waals surface area contributed by atoms with Crippen molar-refractivity contribution in [2.75, 3.05) is 6.54 Å². The zero-order valence-corrected chi connectivity index (χ0v) is 10.8. The zero-order chi connectivity index (χ0) is 12.9. The van der Waals surface area contributed by atoms with Crippen molar-refractivity contribution in [2.45, 2.75) is 39.3 Å². The van der Waals surface area contributed by atoms with E-state index in [9.17, 15) is 9.50 Å². The molecule has 0 aliphatic rings. The number of rotatable bonds is 6. The van der Waals surface area contributed by atoms with Gasteiger partial charge in [0, 0.05) is 13.1 Å². The van der Waals surface area contributed by atoms with Crippen LogP contribution in [0.4, 0.5) is 4.39 Å². The molecule has 17 heavy (non-hydrogen) atoms. The minimum atomic E-state index is -0.707. The topological polar surface area (TPSA) is 32.3 Å². The first kappa shape index (κ1) is 14.1. The van der Waals surface area contributed by atoms with E-state index in [0.717, 1.165) is 12.0 Å². The Labute approximate surface area is 103 Å². The lowest BCUT2D eigenvalue weighted by molar-refractivity contribution is 0.0383. The Hall–Kier alpha value is -0.930. The van der Waals surface area contributed by atoms with Crippen LogP contribution >= 0.6 is 0 Å². The Morgan fingerprint density at radius 1 is 1.41 bits per heavy atom. The van der Waals surface area contributed by atoms with E-state index in [4.69, 9.17) is 0 Å². The number of benzene rings is 1. The first-order valence-corrected chi connectivity index (χ1v) is 6.06. The third-order valence-electron chi connectivity index (χ3n) is 2.57. The van der Waals surface area contributed by atoms with Crippen LogP contribution in [0.1, 0.15) is 32.8 Å². The van der Waals surface area contributed by atoms with Crippen LogP contribution in [0.15, 0.2) is 24.3 Å². The highest BCUT2D eigenvalue weighted by Crippen LogP contribution is 2.15. The minimum Gasteiger partial charge on any atom is -0.389 e. The quantitative estimate of drug-likeness (QED) is 0.800. The van der Waals surface area contributed by atoms with Gasteiger partial charge in [-0.3, -0.25) is 0 Å². The van der Waals surface area contributed by atoms with Crippen molar-refractivity contribution in [3.63, 3.8) is 0 Å². The molecule has 96 valence electrons. The van der Waals surface area contributed by atoms with Crippen LogP contribution in [0.25, 0.3) is 0 Å². The molecule has 0 aromatic heterocycles. The smallest absolute Gasteiger partial charge is 0.123 e. The lowest BCUT2D eigenvalue weighted by Gasteiger charge is -2.25. The summed E-state index contributed by atoms with van der Waals surface area (Å²) in [5.74, 6) is 0.235. The van der Waals surface area contributed by atoms with Gasteiger partial charge in [-0.1, -0.05) is 26.0 Å². The highest BCUT2D eigenvalue weighted by atomic mass is 19.1. The molecule has 0 saturated carbocycles. The van der Waals surface area contributed by atoms with E-state index in [0.29, 0.717) is 19.0 Å². The summed E-state index contributed by atoms with van der Waals surface area (Å²) in [6.07, 6.45) is 0.753. The number of aliphatic hydroxyl groups is 1. The predicted octanol–water partition coefficient (Wildman–Crippen LogP) is 2.71. The number of nitrogens with one attached hydrogen (secondary N) is 1. The highest BCUT2D eigenvalue weighted by Gasteiger charge is 2.20. The molecule has 3 heteroatoms.